The van der Waals surface area contributed by atoms with Crippen LogP contribution in [0.25, 0.3) is 0 Å². The maximum atomic E-state index is 14.7. The lowest BCUT2D eigenvalue weighted by Crippen LogP contribution is -2.43. The van der Waals surface area contributed by atoms with E-state index < -0.39 is 28.0 Å². The van der Waals surface area contributed by atoms with Crippen LogP contribution in [0.5, 0.6) is 0 Å². The van der Waals surface area contributed by atoms with Crippen LogP contribution in [0.15, 0.2) is 53.7 Å². The minimum Gasteiger partial charge on any atom is -0.447 e. The Morgan fingerprint density at radius 1 is 1.21 bits per heavy atom. The molecular weight excluding hydrogens is 510 g/mol. The highest BCUT2D eigenvalue weighted by atomic mass is 35.5. The van der Waals surface area contributed by atoms with E-state index in [9.17, 15) is 17.6 Å². The van der Waals surface area contributed by atoms with Gasteiger partial charge in [-0.05, 0) is 61.0 Å². The molecule has 1 heterocycles. The maximum absolute atomic E-state index is 14.7. The molecule has 0 fully saturated rings. The second-order valence-electron chi connectivity index (χ2n) is 7.11. The lowest BCUT2D eigenvalue weighted by atomic mass is 10.2. The number of anilines is 1. The predicted octanol–water partition coefficient (Wildman–Crippen LogP) is 3.52. The normalized spacial score (nSPS) is 12.2. The first-order valence-electron chi connectivity index (χ1n) is 10.0. The number of aromatic nitrogens is 4. The van der Waals surface area contributed by atoms with Crippen LogP contribution < -0.4 is 9.62 Å². The Labute approximate surface area is 205 Å². The minimum absolute atomic E-state index is 0.116. The van der Waals surface area contributed by atoms with Crippen molar-refractivity contribution in [3.05, 3.63) is 64.7 Å². The summed E-state index contributed by atoms with van der Waals surface area (Å²) < 4.78 is 47.5. The lowest BCUT2D eigenvalue weighted by molar-refractivity contribution is 0.141. The Bertz CT molecular complexity index is 1210. The molecule has 3 rings (SSSR count). The number of hydrogen-bond donors (Lipinski definition) is 1. The van der Waals surface area contributed by atoms with Crippen molar-refractivity contribution in [3.63, 3.8) is 0 Å². The molecule has 0 saturated heterocycles. The summed E-state index contributed by atoms with van der Waals surface area (Å²) in [6.45, 7) is 1.84. The molecule has 0 radical (unpaired) electrons. The van der Waals surface area contributed by atoms with Crippen LogP contribution in [-0.4, -0.2) is 53.9 Å². The Kier molecular flexibility index (Phi) is 8.64. The van der Waals surface area contributed by atoms with Gasteiger partial charge in [0.05, 0.1) is 23.2 Å². The highest BCUT2D eigenvalue weighted by molar-refractivity contribution is 7.92. The van der Waals surface area contributed by atoms with Crippen LogP contribution in [0.4, 0.5) is 14.9 Å². The second kappa shape index (κ2) is 11.4. The fraction of sp³-hybridized carbons (Fsp3) is 0.300. The molecule has 0 aliphatic heterocycles. The van der Waals surface area contributed by atoms with Gasteiger partial charge in [0, 0.05) is 16.6 Å². The van der Waals surface area contributed by atoms with Gasteiger partial charge in [0.2, 0.25) is 0 Å². The number of nitrogens with zero attached hydrogens (tertiary/aromatic N) is 5. The number of halogens is 3. The van der Waals surface area contributed by atoms with Crippen molar-refractivity contribution in [2.75, 3.05) is 17.5 Å². The zero-order valence-corrected chi connectivity index (χ0v) is 20.3. The van der Waals surface area contributed by atoms with E-state index >= 15 is 0 Å². The average Bonchev–Trinajstić information content (AvgIpc) is 3.31. The molecule has 0 aliphatic carbocycles. The Morgan fingerprint density at radius 3 is 2.59 bits per heavy atom. The van der Waals surface area contributed by atoms with E-state index in [1.54, 1.807) is 0 Å². The first-order valence-corrected chi connectivity index (χ1v) is 12.2. The summed E-state index contributed by atoms with van der Waals surface area (Å²) in [5.74, 6) is -0.806. The highest BCUT2D eigenvalue weighted by Gasteiger charge is 2.32. The zero-order valence-electron chi connectivity index (χ0n) is 17.9. The van der Waals surface area contributed by atoms with E-state index in [0.29, 0.717) is 18.0 Å². The van der Waals surface area contributed by atoms with E-state index in [0.717, 1.165) is 10.4 Å². The molecule has 0 aliphatic rings. The van der Waals surface area contributed by atoms with Crippen molar-refractivity contribution in [2.45, 2.75) is 30.8 Å². The van der Waals surface area contributed by atoms with Gasteiger partial charge in [0.1, 0.15) is 12.4 Å². The molecule has 1 N–H and O–H groups in total. The van der Waals surface area contributed by atoms with Crippen LogP contribution in [0.1, 0.15) is 13.3 Å². The summed E-state index contributed by atoms with van der Waals surface area (Å²) in [4.78, 5) is 13.3. The Morgan fingerprint density at radius 2 is 1.91 bits per heavy atom. The molecule has 1 unspecified atom stereocenters. The molecule has 0 saturated carbocycles. The van der Waals surface area contributed by atoms with Gasteiger partial charge in [-0.1, -0.05) is 23.2 Å². The van der Waals surface area contributed by atoms with Crippen LogP contribution in [0, 0.1) is 5.82 Å². The third-order valence-electron chi connectivity index (χ3n) is 4.57. The van der Waals surface area contributed by atoms with Crippen LogP contribution in [0.2, 0.25) is 10.0 Å². The van der Waals surface area contributed by atoms with Crippen molar-refractivity contribution in [1.29, 1.82) is 0 Å². The van der Waals surface area contributed by atoms with Gasteiger partial charge in [0.15, 0.2) is 6.33 Å². The summed E-state index contributed by atoms with van der Waals surface area (Å²) in [6, 6.07) is 8.00. The van der Waals surface area contributed by atoms with Gasteiger partial charge in [-0.2, -0.15) is 4.80 Å². The van der Waals surface area contributed by atoms with Crippen LogP contribution in [0.3, 0.4) is 0 Å². The maximum Gasteiger partial charge on any atom is 0.407 e. The number of ether oxygens (including phenoxy) is 1. The van der Waals surface area contributed by atoms with Gasteiger partial charge in [-0.3, -0.25) is 4.31 Å². The summed E-state index contributed by atoms with van der Waals surface area (Å²) in [6.07, 6.45) is 1.07. The quantitative estimate of drug-likeness (QED) is 0.398. The fourth-order valence-electron chi connectivity index (χ4n) is 3.00. The van der Waals surface area contributed by atoms with Crippen LogP contribution >= 0.6 is 23.2 Å². The second-order valence-corrected chi connectivity index (χ2v) is 9.80. The average molecular weight is 531 g/mol. The summed E-state index contributed by atoms with van der Waals surface area (Å²) in [5, 5.41) is 14.2. The monoisotopic (exact) mass is 530 g/mol. The molecule has 2 aromatic carbocycles. The summed E-state index contributed by atoms with van der Waals surface area (Å²) in [7, 11) is -4.26. The van der Waals surface area contributed by atoms with Gasteiger partial charge in [-0.25, -0.2) is 17.6 Å². The molecule has 14 heteroatoms. The molecule has 0 bridgehead atoms. The lowest BCUT2D eigenvalue weighted by Gasteiger charge is -2.30. The largest absolute Gasteiger partial charge is 0.447 e. The van der Waals surface area contributed by atoms with Gasteiger partial charge >= 0.3 is 6.09 Å². The molecule has 1 atom stereocenters. The van der Waals surface area contributed by atoms with Crippen molar-refractivity contribution < 1.29 is 22.3 Å². The number of alkyl carbamates (subject to hydrolysis) is 1. The smallest absolute Gasteiger partial charge is 0.407 e. The fourth-order valence-corrected chi connectivity index (χ4v) is 4.93. The van der Waals surface area contributed by atoms with Crippen molar-refractivity contribution in [1.82, 2.24) is 25.5 Å². The number of rotatable bonds is 10. The number of benzene rings is 2. The SMILES string of the molecule is CC(COC(=O)NCCCn1ncnn1)N(c1cc(Cl)ccc1F)S(=O)(=O)c1ccc(Cl)cc1. The number of tetrazole rings is 1. The first kappa shape index (κ1) is 25.7. The standard InChI is InChI=1S/C20H21Cl2FN6O4S/c1-14(12-33-20(30)24-9-2-10-28-26-13-25-27-28)29(19-11-16(22)5-8-18(19)23)34(31,32)17-6-3-15(21)4-7-17/h3-8,11,13-14H,2,9-10,12H2,1H3,(H,24,30). The first-order chi connectivity index (χ1) is 16.2. The molecule has 1 aromatic heterocycles. The van der Waals surface area contributed by atoms with E-state index in [1.165, 1.54) is 54.4 Å². The number of carbonyl (C=O) groups is 1. The number of hydrogen-bond acceptors (Lipinski definition) is 7. The van der Waals surface area contributed by atoms with Crippen molar-refractivity contribution in [3.8, 4) is 0 Å². The van der Waals surface area contributed by atoms with E-state index in [2.05, 4.69) is 20.7 Å². The number of sulfonamides is 1. The van der Waals surface area contributed by atoms with Gasteiger partial charge < -0.3 is 10.1 Å². The molecular formula is C20H21Cl2FN6O4S. The number of aryl methyl sites for hydroxylation is 1. The molecule has 34 heavy (non-hydrogen) atoms. The van der Waals surface area contributed by atoms with Crippen LogP contribution in [-0.2, 0) is 21.3 Å². The third-order valence-corrected chi connectivity index (χ3v) is 7.00. The molecule has 3 aromatic rings. The number of nitrogens with one attached hydrogen (secondary N) is 1. The van der Waals surface area contributed by atoms with E-state index in [4.69, 9.17) is 27.9 Å². The van der Waals surface area contributed by atoms with E-state index in [-0.39, 0.29) is 28.8 Å². The number of carbonyl (C=O) groups excluding carboxylic acids is 1. The van der Waals surface area contributed by atoms with E-state index in [1.807, 2.05) is 0 Å². The minimum atomic E-state index is -4.26. The molecule has 1 amide bonds. The summed E-state index contributed by atoms with van der Waals surface area (Å²) in [5.41, 5.74) is -0.278. The molecule has 182 valence electrons. The van der Waals surface area contributed by atoms with Crippen molar-refractivity contribution >= 4 is 45.0 Å². The topological polar surface area (TPSA) is 119 Å². The molecule has 10 nitrogen and oxygen atoms in total. The van der Waals surface area contributed by atoms with Gasteiger partial charge in [-0.15, -0.1) is 10.2 Å². The Balaban J connectivity index is 1.72. The van der Waals surface area contributed by atoms with Crippen molar-refractivity contribution in [2.24, 2.45) is 0 Å². The Hall–Kier alpha value is -2.96. The summed E-state index contributed by atoms with van der Waals surface area (Å²) >= 11 is 11.9. The number of amides is 1. The highest BCUT2D eigenvalue weighted by Crippen LogP contribution is 2.31. The molecule has 0 spiro atoms. The predicted molar refractivity (Wildman–Crippen MR) is 124 cm³/mol. The zero-order chi connectivity index (χ0) is 24.7. The third kappa shape index (κ3) is 6.55. The van der Waals surface area contributed by atoms with Gasteiger partial charge in [0.25, 0.3) is 10.0 Å².